The second-order valence-corrected chi connectivity index (χ2v) is 7.36. The first kappa shape index (κ1) is 16.5. The molecule has 1 fully saturated rings. The van der Waals surface area contributed by atoms with Crippen molar-refractivity contribution in [1.82, 2.24) is 10.3 Å². The zero-order chi connectivity index (χ0) is 18.1. The van der Waals surface area contributed by atoms with E-state index in [1.165, 1.54) is 11.3 Å². The summed E-state index contributed by atoms with van der Waals surface area (Å²) in [6.45, 7) is 2.49. The first-order valence-corrected chi connectivity index (χ1v) is 9.20. The summed E-state index contributed by atoms with van der Waals surface area (Å²) < 4.78 is 1.03. The van der Waals surface area contributed by atoms with E-state index in [0.29, 0.717) is 18.1 Å². The fourth-order valence-corrected chi connectivity index (χ4v) is 4.02. The van der Waals surface area contributed by atoms with Crippen molar-refractivity contribution in [3.05, 3.63) is 54.1 Å². The summed E-state index contributed by atoms with van der Waals surface area (Å²) in [6, 6.07) is 14.9. The van der Waals surface area contributed by atoms with Crippen LogP contribution >= 0.6 is 11.3 Å². The third kappa shape index (κ3) is 3.39. The molecular formula is C19H18N4O2S. The monoisotopic (exact) mass is 366 g/mol. The van der Waals surface area contributed by atoms with Crippen molar-refractivity contribution in [3.8, 4) is 0 Å². The second kappa shape index (κ2) is 6.76. The summed E-state index contributed by atoms with van der Waals surface area (Å²) in [5.41, 5.74) is 2.87. The average Bonchev–Trinajstić information content (AvgIpc) is 3.17. The van der Waals surface area contributed by atoms with Crippen LogP contribution in [0.25, 0.3) is 10.2 Å². The molecule has 4 rings (SSSR count). The minimum Gasteiger partial charge on any atom is -0.333 e. The van der Waals surface area contributed by atoms with Crippen molar-refractivity contribution < 1.29 is 9.59 Å². The lowest BCUT2D eigenvalue weighted by Crippen LogP contribution is -2.39. The number of hydrogen-bond donors (Lipinski definition) is 2. The lowest BCUT2D eigenvalue weighted by molar-refractivity contribution is -0.117. The van der Waals surface area contributed by atoms with Gasteiger partial charge in [0, 0.05) is 18.7 Å². The molecule has 0 spiro atoms. The van der Waals surface area contributed by atoms with Crippen molar-refractivity contribution in [2.24, 2.45) is 0 Å². The number of fused-ring (bicyclic) bond motifs is 1. The molecule has 7 heteroatoms. The summed E-state index contributed by atoms with van der Waals surface area (Å²) in [5, 5.41) is 6.19. The van der Waals surface area contributed by atoms with Gasteiger partial charge in [0.1, 0.15) is 0 Å². The first-order chi connectivity index (χ1) is 12.6. The highest BCUT2D eigenvalue weighted by Crippen LogP contribution is 2.27. The maximum Gasteiger partial charge on any atom is 0.321 e. The SMILES string of the molecule is Cc1ccc2nc(NC(=O)N[C@H]3CC(=O)N(c4ccccc4)C3)sc2c1. The van der Waals surface area contributed by atoms with Gasteiger partial charge >= 0.3 is 6.03 Å². The van der Waals surface area contributed by atoms with Crippen LogP contribution in [0.15, 0.2) is 48.5 Å². The Labute approximate surface area is 154 Å². The topological polar surface area (TPSA) is 74.3 Å². The van der Waals surface area contributed by atoms with Crippen molar-refractivity contribution >= 4 is 44.3 Å². The van der Waals surface area contributed by atoms with Crippen LogP contribution in [0.1, 0.15) is 12.0 Å². The number of para-hydroxylation sites is 1. The number of anilines is 2. The third-order valence-electron chi connectivity index (χ3n) is 4.29. The molecule has 0 unspecified atom stereocenters. The summed E-state index contributed by atoms with van der Waals surface area (Å²) in [5.74, 6) is 0.0111. The molecule has 0 aliphatic carbocycles. The Kier molecular flexibility index (Phi) is 4.30. The van der Waals surface area contributed by atoms with Crippen molar-refractivity contribution in [3.63, 3.8) is 0 Å². The van der Waals surface area contributed by atoms with E-state index in [2.05, 4.69) is 15.6 Å². The Morgan fingerprint density at radius 1 is 1.23 bits per heavy atom. The number of carbonyl (C=O) groups excluding carboxylic acids is 2. The van der Waals surface area contributed by atoms with E-state index in [1.807, 2.05) is 55.5 Å². The molecule has 1 saturated heterocycles. The van der Waals surface area contributed by atoms with E-state index in [9.17, 15) is 9.59 Å². The Balaban J connectivity index is 1.39. The molecule has 132 valence electrons. The van der Waals surface area contributed by atoms with Crippen LogP contribution < -0.4 is 15.5 Å². The van der Waals surface area contributed by atoms with E-state index >= 15 is 0 Å². The van der Waals surface area contributed by atoms with Crippen LogP contribution in [-0.2, 0) is 4.79 Å². The van der Waals surface area contributed by atoms with E-state index < -0.39 is 0 Å². The smallest absolute Gasteiger partial charge is 0.321 e. The van der Waals surface area contributed by atoms with Crippen LogP contribution in [0.3, 0.4) is 0 Å². The standard InChI is InChI=1S/C19H18N4O2S/c1-12-7-8-15-16(9-12)26-19(21-15)22-18(25)20-13-10-17(24)23(11-13)14-5-3-2-4-6-14/h2-9,13H,10-11H2,1H3,(H2,20,21,22,25)/t13-/m0/s1. The van der Waals surface area contributed by atoms with Gasteiger partial charge in [0.05, 0.1) is 16.3 Å². The van der Waals surface area contributed by atoms with Crippen molar-refractivity contribution in [2.45, 2.75) is 19.4 Å². The molecule has 6 nitrogen and oxygen atoms in total. The Bertz CT molecular complexity index is 970. The van der Waals surface area contributed by atoms with Crippen LogP contribution in [0.4, 0.5) is 15.6 Å². The number of nitrogens with zero attached hydrogens (tertiary/aromatic N) is 2. The van der Waals surface area contributed by atoms with Gasteiger partial charge in [-0.1, -0.05) is 35.6 Å². The fraction of sp³-hybridized carbons (Fsp3) is 0.211. The molecule has 3 amide bonds. The normalized spacial score (nSPS) is 16.9. The van der Waals surface area contributed by atoms with Gasteiger partial charge in [-0.3, -0.25) is 10.1 Å². The van der Waals surface area contributed by atoms with Gasteiger partial charge < -0.3 is 10.2 Å². The molecule has 1 aromatic heterocycles. The van der Waals surface area contributed by atoms with Crippen molar-refractivity contribution in [2.75, 3.05) is 16.8 Å². The molecule has 1 atom stereocenters. The molecule has 0 radical (unpaired) electrons. The first-order valence-electron chi connectivity index (χ1n) is 8.38. The van der Waals surface area contributed by atoms with E-state index in [-0.39, 0.29) is 18.0 Å². The lowest BCUT2D eigenvalue weighted by atomic mass is 10.2. The van der Waals surface area contributed by atoms with Crippen LogP contribution in [0.5, 0.6) is 0 Å². The molecule has 1 aliphatic heterocycles. The van der Waals surface area contributed by atoms with Gasteiger partial charge in [0.25, 0.3) is 0 Å². The molecule has 26 heavy (non-hydrogen) atoms. The predicted molar refractivity (Wildman–Crippen MR) is 104 cm³/mol. The quantitative estimate of drug-likeness (QED) is 0.745. The Morgan fingerprint density at radius 3 is 2.85 bits per heavy atom. The number of aromatic nitrogens is 1. The molecule has 2 heterocycles. The van der Waals surface area contributed by atoms with E-state index in [0.717, 1.165) is 21.5 Å². The van der Waals surface area contributed by atoms with Gasteiger partial charge in [-0.2, -0.15) is 0 Å². The molecule has 3 aromatic rings. The number of thiazole rings is 1. The fourth-order valence-electron chi connectivity index (χ4n) is 3.07. The van der Waals surface area contributed by atoms with Crippen molar-refractivity contribution in [1.29, 1.82) is 0 Å². The number of urea groups is 1. The molecule has 1 aliphatic rings. The minimum absolute atomic E-state index is 0.0111. The highest BCUT2D eigenvalue weighted by molar-refractivity contribution is 7.22. The van der Waals surface area contributed by atoms with Gasteiger partial charge in [0.2, 0.25) is 5.91 Å². The second-order valence-electron chi connectivity index (χ2n) is 6.33. The minimum atomic E-state index is -0.339. The number of amides is 3. The van der Waals surface area contributed by atoms with Gasteiger partial charge in [0.15, 0.2) is 5.13 Å². The number of aryl methyl sites for hydroxylation is 1. The van der Waals surface area contributed by atoms with Crippen LogP contribution in [-0.4, -0.2) is 29.5 Å². The zero-order valence-electron chi connectivity index (χ0n) is 14.2. The zero-order valence-corrected chi connectivity index (χ0v) is 15.0. The molecular weight excluding hydrogens is 348 g/mol. The highest BCUT2D eigenvalue weighted by Gasteiger charge is 2.31. The van der Waals surface area contributed by atoms with Gasteiger partial charge in [-0.15, -0.1) is 0 Å². The lowest BCUT2D eigenvalue weighted by Gasteiger charge is -2.17. The highest BCUT2D eigenvalue weighted by atomic mass is 32.1. The maximum atomic E-state index is 12.3. The predicted octanol–water partition coefficient (Wildman–Crippen LogP) is 3.53. The van der Waals surface area contributed by atoms with E-state index in [1.54, 1.807) is 4.90 Å². The Morgan fingerprint density at radius 2 is 2.04 bits per heavy atom. The van der Waals surface area contributed by atoms with Crippen LogP contribution in [0.2, 0.25) is 0 Å². The van der Waals surface area contributed by atoms with Gasteiger partial charge in [-0.25, -0.2) is 9.78 Å². The van der Waals surface area contributed by atoms with Gasteiger partial charge in [-0.05, 0) is 36.8 Å². The number of nitrogens with one attached hydrogen (secondary N) is 2. The molecule has 0 saturated carbocycles. The molecule has 2 aromatic carbocycles. The Hall–Kier alpha value is -2.93. The summed E-state index contributed by atoms with van der Waals surface area (Å²) in [6.07, 6.45) is 0.293. The number of hydrogen-bond acceptors (Lipinski definition) is 4. The largest absolute Gasteiger partial charge is 0.333 e. The molecule has 0 bridgehead atoms. The summed E-state index contributed by atoms with van der Waals surface area (Å²) >= 11 is 1.44. The summed E-state index contributed by atoms with van der Waals surface area (Å²) in [7, 11) is 0. The molecule has 2 N–H and O–H groups in total. The number of rotatable bonds is 3. The maximum absolute atomic E-state index is 12.3. The average molecular weight is 366 g/mol. The van der Waals surface area contributed by atoms with Crippen LogP contribution in [0, 0.1) is 6.92 Å². The summed E-state index contributed by atoms with van der Waals surface area (Å²) in [4.78, 5) is 30.6. The number of carbonyl (C=O) groups is 2. The van der Waals surface area contributed by atoms with E-state index in [4.69, 9.17) is 0 Å². The third-order valence-corrected chi connectivity index (χ3v) is 5.23. The number of benzene rings is 2.